The van der Waals surface area contributed by atoms with Crippen LogP contribution in [-0.2, 0) is 14.3 Å². The summed E-state index contributed by atoms with van der Waals surface area (Å²) in [7, 11) is 2.81. The van der Waals surface area contributed by atoms with Crippen molar-refractivity contribution < 1.29 is 14.3 Å². The van der Waals surface area contributed by atoms with Crippen LogP contribution in [0.1, 0.15) is 54.9 Å². The van der Waals surface area contributed by atoms with Gasteiger partial charge in [-0.3, -0.25) is 9.59 Å². The molecule has 0 aromatic rings. The Hall–Kier alpha value is -1.10. The quantitative estimate of drug-likeness (QED) is 0.810. The minimum Gasteiger partial charge on any atom is -0.468 e. The van der Waals surface area contributed by atoms with Gasteiger partial charge in [0.25, 0.3) is 0 Å². The summed E-state index contributed by atoms with van der Waals surface area (Å²) in [6, 6.07) is -0.618. The smallest absolute Gasteiger partial charge is 0.325 e. The summed E-state index contributed by atoms with van der Waals surface area (Å²) in [5, 5.41) is 0. The SMILES string of the molecule is CC.CCC.COC(=O)CN(C)C(=O)C(N)C(C)(C)C. The summed E-state index contributed by atoms with van der Waals surface area (Å²) >= 11 is 0. The third-order valence-corrected chi connectivity index (χ3v) is 2.17. The van der Waals surface area contributed by atoms with Crippen LogP contribution in [0.5, 0.6) is 0 Å². The summed E-state index contributed by atoms with van der Waals surface area (Å²) in [6.45, 7) is 13.8. The number of carbonyl (C=O) groups excluding carboxylic acids is 2. The van der Waals surface area contributed by atoms with Gasteiger partial charge in [-0.15, -0.1) is 0 Å². The van der Waals surface area contributed by atoms with E-state index in [1.165, 1.54) is 25.5 Å². The lowest BCUT2D eigenvalue weighted by Gasteiger charge is -2.29. The first kappa shape index (κ1) is 24.0. The van der Waals surface area contributed by atoms with Crippen LogP contribution in [0.3, 0.4) is 0 Å². The molecular formula is C15H34N2O3. The minimum absolute atomic E-state index is 0.0703. The van der Waals surface area contributed by atoms with Gasteiger partial charge in [-0.1, -0.05) is 54.9 Å². The normalized spacial score (nSPS) is 11.1. The van der Waals surface area contributed by atoms with Crippen molar-refractivity contribution in [2.75, 3.05) is 20.7 Å². The predicted molar refractivity (Wildman–Crippen MR) is 84.4 cm³/mol. The molecule has 0 rings (SSSR count). The van der Waals surface area contributed by atoms with E-state index in [2.05, 4.69) is 18.6 Å². The van der Waals surface area contributed by atoms with Gasteiger partial charge in [0.05, 0.1) is 13.2 Å². The second-order valence-corrected chi connectivity index (χ2v) is 5.32. The number of amides is 1. The van der Waals surface area contributed by atoms with Gasteiger partial charge in [-0.2, -0.15) is 0 Å². The molecule has 0 aliphatic carbocycles. The Labute approximate surface area is 124 Å². The van der Waals surface area contributed by atoms with E-state index in [1.807, 2.05) is 34.6 Å². The molecular weight excluding hydrogens is 256 g/mol. The Balaban J connectivity index is -0.000000505. The second-order valence-electron chi connectivity index (χ2n) is 5.32. The Kier molecular flexibility index (Phi) is 15.5. The molecule has 0 radical (unpaired) electrons. The standard InChI is InChI=1S/C10H20N2O3.C3H8.C2H6/c1-10(2,3)8(11)9(14)12(4)6-7(13)15-5;1-3-2;1-2/h8H,6,11H2,1-5H3;3H2,1-2H3;1-2H3. The number of nitrogens with zero attached hydrogens (tertiary/aromatic N) is 1. The highest BCUT2D eigenvalue weighted by Gasteiger charge is 2.30. The summed E-state index contributed by atoms with van der Waals surface area (Å²) in [5.74, 6) is -0.708. The van der Waals surface area contributed by atoms with Crippen LogP contribution in [0, 0.1) is 5.41 Å². The van der Waals surface area contributed by atoms with E-state index in [9.17, 15) is 9.59 Å². The van der Waals surface area contributed by atoms with Gasteiger partial charge in [0.2, 0.25) is 5.91 Å². The number of hydrogen-bond donors (Lipinski definition) is 1. The molecule has 0 aromatic carbocycles. The Morgan fingerprint density at radius 3 is 1.80 bits per heavy atom. The third-order valence-electron chi connectivity index (χ3n) is 2.17. The average Bonchev–Trinajstić information content (AvgIpc) is 2.38. The lowest BCUT2D eigenvalue weighted by Crippen LogP contribution is -2.50. The number of hydrogen-bond acceptors (Lipinski definition) is 4. The van der Waals surface area contributed by atoms with Crippen LogP contribution in [0.25, 0.3) is 0 Å². The van der Waals surface area contributed by atoms with Crippen LogP contribution < -0.4 is 5.73 Å². The molecule has 0 heterocycles. The van der Waals surface area contributed by atoms with Gasteiger partial charge in [-0.05, 0) is 5.41 Å². The molecule has 0 bridgehead atoms. The molecule has 0 spiro atoms. The fourth-order valence-corrected chi connectivity index (χ4v) is 0.944. The fourth-order valence-electron chi connectivity index (χ4n) is 0.944. The zero-order chi connectivity index (χ0) is 16.9. The Morgan fingerprint density at radius 2 is 1.55 bits per heavy atom. The van der Waals surface area contributed by atoms with E-state index < -0.39 is 12.0 Å². The number of rotatable bonds is 3. The molecule has 20 heavy (non-hydrogen) atoms. The molecule has 0 saturated carbocycles. The predicted octanol–water partition coefficient (Wildman–Crippen LogP) is 2.43. The van der Waals surface area contributed by atoms with Crippen LogP contribution in [0.4, 0.5) is 0 Å². The second kappa shape index (κ2) is 12.9. The molecule has 0 aliphatic heterocycles. The maximum atomic E-state index is 11.7. The Morgan fingerprint density at radius 1 is 1.20 bits per heavy atom. The first-order valence-corrected chi connectivity index (χ1v) is 7.19. The van der Waals surface area contributed by atoms with E-state index in [0.717, 1.165) is 0 Å². The fraction of sp³-hybridized carbons (Fsp3) is 0.867. The molecule has 1 unspecified atom stereocenters. The summed E-state index contributed by atoms with van der Waals surface area (Å²) in [4.78, 5) is 24.0. The molecule has 0 aliphatic rings. The molecule has 1 amide bonds. The zero-order valence-corrected chi connectivity index (χ0v) is 14.7. The number of nitrogens with two attached hydrogens (primary N) is 1. The van der Waals surface area contributed by atoms with Gasteiger partial charge in [0.1, 0.15) is 6.54 Å². The van der Waals surface area contributed by atoms with Crippen molar-refractivity contribution in [1.29, 1.82) is 0 Å². The maximum absolute atomic E-state index is 11.7. The highest BCUT2D eigenvalue weighted by Crippen LogP contribution is 2.18. The van der Waals surface area contributed by atoms with Crippen molar-refractivity contribution >= 4 is 11.9 Å². The van der Waals surface area contributed by atoms with Gasteiger partial charge in [0.15, 0.2) is 0 Å². The number of esters is 1. The van der Waals surface area contributed by atoms with Crippen molar-refractivity contribution in [3.8, 4) is 0 Å². The highest BCUT2D eigenvalue weighted by molar-refractivity contribution is 5.85. The zero-order valence-electron chi connectivity index (χ0n) is 14.7. The van der Waals surface area contributed by atoms with Crippen molar-refractivity contribution in [3.05, 3.63) is 0 Å². The number of likely N-dealkylation sites (N-methyl/N-ethyl adjacent to an activating group) is 1. The van der Waals surface area contributed by atoms with E-state index in [4.69, 9.17) is 5.73 Å². The van der Waals surface area contributed by atoms with Gasteiger partial charge < -0.3 is 15.4 Å². The first-order valence-electron chi connectivity index (χ1n) is 7.19. The van der Waals surface area contributed by atoms with Crippen molar-refractivity contribution in [1.82, 2.24) is 4.90 Å². The minimum atomic E-state index is -0.618. The third kappa shape index (κ3) is 12.0. The number of carbonyl (C=O) groups is 2. The number of ether oxygens (including phenoxy) is 1. The van der Waals surface area contributed by atoms with Crippen molar-refractivity contribution in [2.45, 2.75) is 60.9 Å². The topological polar surface area (TPSA) is 72.6 Å². The van der Waals surface area contributed by atoms with Crippen molar-refractivity contribution in [2.24, 2.45) is 11.1 Å². The van der Waals surface area contributed by atoms with Crippen LogP contribution in [0.15, 0.2) is 0 Å². The summed E-state index contributed by atoms with van der Waals surface area (Å²) in [5.41, 5.74) is 5.45. The maximum Gasteiger partial charge on any atom is 0.325 e. The van der Waals surface area contributed by atoms with Gasteiger partial charge in [-0.25, -0.2) is 0 Å². The van der Waals surface area contributed by atoms with Crippen LogP contribution >= 0.6 is 0 Å². The lowest BCUT2D eigenvalue weighted by molar-refractivity contribution is -0.147. The average molecular weight is 290 g/mol. The molecule has 0 fully saturated rings. The van der Waals surface area contributed by atoms with Crippen LogP contribution in [-0.4, -0.2) is 43.5 Å². The molecule has 2 N–H and O–H groups in total. The first-order chi connectivity index (χ1) is 9.11. The van der Waals surface area contributed by atoms with E-state index in [0.29, 0.717) is 0 Å². The molecule has 5 heteroatoms. The van der Waals surface area contributed by atoms with E-state index in [-0.39, 0.29) is 17.9 Å². The lowest BCUT2D eigenvalue weighted by atomic mass is 9.86. The largest absolute Gasteiger partial charge is 0.468 e. The monoisotopic (exact) mass is 290 g/mol. The van der Waals surface area contributed by atoms with E-state index in [1.54, 1.807) is 0 Å². The van der Waals surface area contributed by atoms with Gasteiger partial charge >= 0.3 is 5.97 Å². The summed E-state index contributed by atoms with van der Waals surface area (Å²) < 4.78 is 4.46. The molecule has 5 nitrogen and oxygen atoms in total. The van der Waals surface area contributed by atoms with Crippen LogP contribution in [0.2, 0.25) is 0 Å². The number of methoxy groups -OCH3 is 1. The van der Waals surface area contributed by atoms with Crippen molar-refractivity contribution in [3.63, 3.8) is 0 Å². The highest BCUT2D eigenvalue weighted by atomic mass is 16.5. The molecule has 1 atom stereocenters. The molecule has 122 valence electrons. The molecule has 0 saturated heterocycles. The Bertz CT molecular complexity index is 260. The van der Waals surface area contributed by atoms with E-state index >= 15 is 0 Å². The van der Waals surface area contributed by atoms with Gasteiger partial charge in [0, 0.05) is 7.05 Å². The molecule has 0 aromatic heterocycles. The summed E-state index contributed by atoms with van der Waals surface area (Å²) in [6.07, 6.45) is 1.25.